The molecule has 2 atom stereocenters. The molecule has 0 amide bonds. The number of ether oxygens (including phenoxy) is 1. The fourth-order valence-corrected chi connectivity index (χ4v) is 2.83. The lowest BCUT2D eigenvalue weighted by molar-refractivity contribution is -0.150. The third-order valence-corrected chi connectivity index (χ3v) is 4.05. The van der Waals surface area contributed by atoms with Gasteiger partial charge < -0.3 is 10.1 Å². The molecule has 0 aliphatic carbocycles. The fourth-order valence-electron chi connectivity index (χ4n) is 1.91. The molecule has 2 unspecified atom stereocenters. The molecule has 0 aromatic rings. The van der Waals surface area contributed by atoms with Gasteiger partial charge >= 0.3 is 5.97 Å². The maximum Gasteiger partial charge on any atom is 0.324 e. The molecule has 0 spiro atoms. The lowest BCUT2D eigenvalue weighted by Gasteiger charge is -2.23. The van der Waals surface area contributed by atoms with Gasteiger partial charge in [0.1, 0.15) is 6.04 Å². The molecule has 1 heterocycles. The van der Waals surface area contributed by atoms with E-state index in [2.05, 4.69) is 12.2 Å². The number of carbonyl (C=O) groups is 1. The Morgan fingerprint density at radius 3 is 2.94 bits per heavy atom. The van der Waals surface area contributed by atoms with E-state index in [1.807, 2.05) is 18.7 Å². The minimum atomic E-state index is -0.0909. The van der Waals surface area contributed by atoms with E-state index in [1.54, 1.807) is 0 Å². The average molecular weight is 259 g/mol. The Kier molecular flexibility index (Phi) is 7.69. The topological polar surface area (TPSA) is 38.3 Å². The highest BCUT2D eigenvalue weighted by atomic mass is 32.2. The molecule has 0 radical (unpaired) electrons. The van der Waals surface area contributed by atoms with Crippen molar-refractivity contribution < 1.29 is 9.53 Å². The standard InChI is InChI=1S/C13H25NO2S/c1-3-4-5-6-7-11(2)16-13(15)12-10-17-9-8-14-12/h11-12,14H,3-10H2,1-2H3. The number of carbonyl (C=O) groups excluding carboxylic acids is 1. The summed E-state index contributed by atoms with van der Waals surface area (Å²) in [6, 6.07) is -0.0909. The Morgan fingerprint density at radius 2 is 2.29 bits per heavy atom. The molecular formula is C13H25NO2S. The normalized spacial score (nSPS) is 22.1. The number of rotatable bonds is 7. The van der Waals surface area contributed by atoms with Crippen LogP contribution in [0.15, 0.2) is 0 Å². The molecule has 1 rings (SSSR count). The van der Waals surface area contributed by atoms with Crippen LogP contribution in [0.4, 0.5) is 0 Å². The third-order valence-electron chi connectivity index (χ3n) is 2.99. The van der Waals surface area contributed by atoms with Gasteiger partial charge in [0, 0.05) is 18.1 Å². The Labute approximate surface area is 109 Å². The fraction of sp³-hybridized carbons (Fsp3) is 0.923. The van der Waals surface area contributed by atoms with Gasteiger partial charge in [-0.2, -0.15) is 11.8 Å². The molecule has 4 heteroatoms. The summed E-state index contributed by atoms with van der Waals surface area (Å²) < 4.78 is 5.46. The van der Waals surface area contributed by atoms with Crippen LogP contribution in [-0.2, 0) is 9.53 Å². The first-order valence-corrected chi connectivity index (χ1v) is 7.91. The van der Waals surface area contributed by atoms with Gasteiger partial charge in [-0.05, 0) is 19.8 Å². The minimum Gasteiger partial charge on any atom is -0.461 e. The van der Waals surface area contributed by atoms with Gasteiger partial charge in [-0.3, -0.25) is 4.79 Å². The van der Waals surface area contributed by atoms with Gasteiger partial charge in [0.15, 0.2) is 0 Å². The summed E-state index contributed by atoms with van der Waals surface area (Å²) >= 11 is 1.82. The first-order chi connectivity index (χ1) is 8.24. The van der Waals surface area contributed by atoms with E-state index in [-0.39, 0.29) is 18.1 Å². The Morgan fingerprint density at radius 1 is 1.47 bits per heavy atom. The van der Waals surface area contributed by atoms with Crippen molar-refractivity contribution in [2.45, 2.75) is 58.1 Å². The van der Waals surface area contributed by atoms with Crippen LogP contribution in [0, 0.1) is 0 Å². The molecule has 1 N–H and O–H groups in total. The summed E-state index contributed by atoms with van der Waals surface area (Å²) in [6.07, 6.45) is 5.99. The van der Waals surface area contributed by atoms with E-state index in [4.69, 9.17) is 4.74 Å². The highest BCUT2D eigenvalue weighted by molar-refractivity contribution is 7.99. The van der Waals surface area contributed by atoms with Gasteiger partial charge in [0.05, 0.1) is 6.10 Å². The molecule has 17 heavy (non-hydrogen) atoms. The third kappa shape index (κ3) is 6.32. The number of thioether (sulfide) groups is 1. The summed E-state index contributed by atoms with van der Waals surface area (Å²) in [5.41, 5.74) is 0. The number of hydrogen-bond donors (Lipinski definition) is 1. The Balaban J connectivity index is 2.11. The molecular weight excluding hydrogens is 234 g/mol. The molecule has 1 aliphatic heterocycles. The highest BCUT2D eigenvalue weighted by Gasteiger charge is 2.23. The van der Waals surface area contributed by atoms with Gasteiger partial charge in [0.2, 0.25) is 0 Å². The van der Waals surface area contributed by atoms with Crippen LogP contribution in [-0.4, -0.2) is 36.2 Å². The summed E-state index contributed by atoms with van der Waals surface area (Å²) in [5.74, 6) is 1.87. The molecule has 1 saturated heterocycles. The maximum absolute atomic E-state index is 11.8. The summed E-state index contributed by atoms with van der Waals surface area (Å²) in [4.78, 5) is 11.8. The second kappa shape index (κ2) is 8.81. The monoisotopic (exact) mass is 259 g/mol. The van der Waals surface area contributed by atoms with Crippen molar-refractivity contribution in [2.75, 3.05) is 18.1 Å². The van der Waals surface area contributed by atoms with E-state index < -0.39 is 0 Å². The zero-order valence-corrected chi connectivity index (χ0v) is 11.9. The van der Waals surface area contributed by atoms with Crippen molar-refractivity contribution in [3.05, 3.63) is 0 Å². The smallest absolute Gasteiger partial charge is 0.324 e. The van der Waals surface area contributed by atoms with Crippen molar-refractivity contribution in [1.82, 2.24) is 5.32 Å². The quantitative estimate of drug-likeness (QED) is 0.563. The largest absolute Gasteiger partial charge is 0.461 e. The lowest BCUT2D eigenvalue weighted by Crippen LogP contribution is -2.45. The Hall–Kier alpha value is -0.220. The van der Waals surface area contributed by atoms with Crippen LogP contribution in [0.2, 0.25) is 0 Å². The molecule has 0 saturated carbocycles. The van der Waals surface area contributed by atoms with Gasteiger partial charge in [0.25, 0.3) is 0 Å². The SMILES string of the molecule is CCCCCCC(C)OC(=O)C1CSCCN1. The minimum absolute atomic E-state index is 0.0630. The number of esters is 1. The maximum atomic E-state index is 11.8. The number of unbranched alkanes of at least 4 members (excludes halogenated alkanes) is 3. The molecule has 100 valence electrons. The van der Waals surface area contributed by atoms with Crippen molar-refractivity contribution >= 4 is 17.7 Å². The summed E-state index contributed by atoms with van der Waals surface area (Å²) in [5, 5.41) is 3.21. The van der Waals surface area contributed by atoms with Crippen LogP contribution in [0.5, 0.6) is 0 Å². The van der Waals surface area contributed by atoms with Crippen molar-refractivity contribution in [3.63, 3.8) is 0 Å². The van der Waals surface area contributed by atoms with Crippen LogP contribution in [0.25, 0.3) is 0 Å². The van der Waals surface area contributed by atoms with Gasteiger partial charge in [-0.15, -0.1) is 0 Å². The van der Waals surface area contributed by atoms with Gasteiger partial charge in [-0.1, -0.05) is 26.2 Å². The van der Waals surface area contributed by atoms with Crippen molar-refractivity contribution in [2.24, 2.45) is 0 Å². The first kappa shape index (κ1) is 14.8. The zero-order chi connectivity index (χ0) is 12.5. The van der Waals surface area contributed by atoms with E-state index in [0.717, 1.165) is 30.9 Å². The average Bonchev–Trinajstić information content (AvgIpc) is 2.36. The van der Waals surface area contributed by atoms with Gasteiger partial charge in [-0.25, -0.2) is 0 Å². The van der Waals surface area contributed by atoms with E-state index in [1.165, 1.54) is 19.3 Å². The predicted octanol–water partition coefficient (Wildman–Crippen LogP) is 2.59. The number of hydrogen-bond acceptors (Lipinski definition) is 4. The molecule has 1 aliphatic rings. The molecule has 1 fully saturated rings. The molecule has 0 aromatic heterocycles. The van der Waals surface area contributed by atoms with Crippen LogP contribution >= 0.6 is 11.8 Å². The molecule has 3 nitrogen and oxygen atoms in total. The van der Waals surface area contributed by atoms with Crippen LogP contribution in [0.1, 0.15) is 46.0 Å². The Bertz CT molecular complexity index is 217. The first-order valence-electron chi connectivity index (χ1n) is 6.75. The second-order valence-electron chi connectivity index (χ2n) is 4.68. The highest BCUT2D eigenvalue weighted by Crippen LogP contribution is 2.12. The molecule has 0 aromatic carbocycles. The van der Waals surface area contributed by atoms with Crippen LogP contribution < -0.4 is 5.32 Å². The van der Waals surface area contributed by atoms with Crippen molar-refractivity contribution in [3.8, 4) is 0 Å². The number of nitrogens with one attached hydrogen (secondary N) is 1. The van der Waals surface area contributed by atoms with Crippen LogP contribution in [0.3, 0.4) is 0 Å². The van der Waals surface area contributed by atoms with E-state index in [9.17, 15) is 4.79 Å². The lowest BCUT2D eigenvalue weighted by atomic mass is 10.1. The zero-order valence-electron chi connectivity index (χ0n) is 11.0. The van der Waals surface area contributed by atoms with E-state index in [0.29, 0.717) is 0 Å². The van der Waals surface area contributed by atoms with E-state index >= 15 is 0 Å². The summed E-state index contributed by atoms with van der Waals surface area (Å²) in [7, 11) is 0. The molecule has 0 bridgehead atoms. The predicted molar refractivity (Wildman–Crippen MR) is 73.4 cm³/mol. The second-order valence-corrected chi connectivity index (χ2v) is 5.83. The summed E-state index contributed by atoms with van der Waals surface area (Å²) in [6.45, 7) is 5.12. The van der Waals surface area contributed by atoms with Crippen molar-refractivity contribution in [1.29, 1.82) is 0 Å².